The molecule has 1 unspecified atom stereocenters. The van der Waals surface area contributed by atoms with Gasteiger partial charge in [0.2, 0.25) is 0 Å². The Bertz CT molecular complexity index is 8990. The van der Waals surface area contributed by atoms with E-state index in [0.29, 0.717) is 5.82 Å². The van der Waals surface area contributed by atoms with Crippen molar-refractivity contribution in [1.29, 1.82) is 0 Å². The fourth-order valence-electron chi connectivity index (χ4n) is 21.1. The second-order valence-corrected chi connectivity index (χ2v) is 36.7. The summed E-state index contributed by atoms with van der Waals surface area (Å²) in [5.74, 6) is 0.671. The van der Waals surface area contributed by atoms with Gasteiger partial charge in [-0.25, -0.2) is 29.9 Å². The van der Waals surface area contributed by atoms with E-state index in [-0.39, 0.29) is 6.17 Å². The molecule has 27 rings (SSSR count). The second-order valence-electron chi connectivity index (χ2n) is 36.7. The second kappa shape index (κ2) is 38.8. The van der Waals surface area contributed by atoms with Crippen molar-refractivity contribution in [2.45, 2.75) is 6.17 Å². The molecule has 0 spiro atoms. The lowest BCUT2D eigenvalue weighted by molar-refractivity contribution is 0.829. The van der Waals surface area contributed by atoms with Crippen LogP contribution in [0, 0.1) is 0 Å². The standard InChI is InChI=1S/C50H34N4.C44H28N2.C43H30N2/c1-6-17-35(18-7-1)44-27-16-28-45(51-44)42-29-40(41-32-46(36-19-8-2-9-20-36)52-47(33-41)37-21-10-3-11-22-37)30-43(31-42)49-34-48(38-23-12-4-13-24-38)53-50(54-49)39-25-14-5-15-26-39;1-3-13-29(14-4-1)40-35-19-9-11-21-37(35)41(38-22-12-10-20-36(38)40)31-23-25-32(26-24-31)42-34-18-8-7-17-33(34)39-27-45-28-46-44(39)43(42)30-15-5-2-6-16-30;1-3-15-31(16-4-1)43-44-41-39(34-25-23-29-13-7-9-17-32(29)27-34)37-21-11-12-22-38(37)40(42(41)45(43)36-19-5-2-6-20-36)35-26-24-30-14-8-10-18-33(30)28-35/h1-34H;1-28H;1-28,43-44H. The van der Waals surface area contributed by atoms with Crippen molar-refractivity contribution in [2.24, 2.45) is 0 Å². The van der Waals surface area contributed by atoms with Gasteiger partial charge in [-0.3, -0.25) is 0 Å². The van der Waals surface area contributed by atoms with Gasteiger partial charge in [-0.1, -0.05) is 461 Å². The molecule has 1 atom stereocenters. The molecule has 4 aromatic heterocycles. The predicted molar refractivity (Wildman–Crippen MR) is 606 cm³/mol. The Kier molecular flexibility index (Phi) is 23.4. The Morgan fingerprint density at radius 3 is 1.02 bits per heavy atom. The predicted octanol–water partition coefficient (Wildman–Crippen LogP) is 36.1. The van der Waals surface area contributed by atoms with Crippen LogP contribution in [0.1, 0.15) is 11.7 Å². The van der Waals surface area contributed by atoms with E-state index in [9.17, 15) is 0 Å². The van der Waals surface area contributed by atoms with Crippen molar-refractivity contribution in [3.05, 3.63) is 552 Å². The van der Waals surface area contributed by atoms with Crippen molar-refractivity contribution in [2.75, 3.05) is 10.2 Å². The summed E-state index contributed by atoms with van der Waals surface area (Å²) in [5, 5.41) is 20.0. The summed E-state index contributed by atoms with van der Waals surface area (Å²) < 4.78 is 0. The van der Waals surface area contributed by atoms with Crippen LogP contribution in [-0.2, 0) is 0 Å². The molecule has 26 aromatic rings. The van der Waals surface area contributed by atoms with Crippen LogP contribution < -0.4 is 10.2 Å². The van der Waals surface area contributed by atoms with E-state index in [1.54, 1.807) is 6.33 Å². The maximum Gasteiger partial charge on any atom is 0.160 e. The van der Waals surface area contributed by atoms with Gasteiger partial charge < -0.3 is 10.2 Å². The Morgan fingerprint density at radius 2 is 0.524 bits per heavy atom. The number of pyridine rings is 2. The highest BCUT2D eigenvalue weighted by atomic mass is 15.3. The van der Waals surface area contributed by atoms with E-state index in [2.05, 4.69) is 482 Å². The molecule has 8 nitrogen and oxygen atoms in total. The summed E-state index contributed by atoms with van der Waals surface area (Å²) in [6.45, 7) is 0. The maximum atomic E-state index is 5.22. The molecule has 0 aliphatic carbocycles. The third-order valence-corrected chi connectivity index (χ3v) is 27.9. The van der Waals surface area contributed by atoms with Crippen LogP contribution in [0.2, 0.25) is 0 Å². The first-order valence-electron chi connectivity index (χ1n) is 49.3. The van der Waals surface area contributed by atoms with Crippen LogP contribution in [0.4, 0.5) is 17.1 Å². The van der Waals surface area contributed by atoms with E-state index >= 15 is 0 Å². The van der Waals surface area contributed by atoms with E-state index in [0.717, 1.165) is 129 Å². The number of fused-ring (bicyclic) bond motifs is 9. The lowest BCUT2D eigenvalue weighted by atomic mass is 9.84. The Labute approximate surface area is 841 Å². The van der Waals surface area contributed by atoms with Crippen LogP contribution in [-0.4, -0.2) is 29.9 Å². The highest BCUT2D eigenvalue weighted by Crippen LogP contribution is 2.59. The number of nitrogens with zero attached hydrogens (tertiary/aromatic N) is 7. The van der Waals surface area contributed by atoms with Crippen molar-refractivity contribution in [3.63, 3.8) is 0 Å². The molecule has 0 radical (unpaired) electrons. The number of aromatic nitrogens is 6. The van der Waals surface area contributed by atoms with Gasteiger partial charge in [0, 0.05) is 72.9 Å². The molecular weight excluding hydrogens is 1760 g/mol. The number of anilines is 3. The summed E-state index contributed by atoms with van der Waals surface area (Å²) in [6.07, 6.45) is 3.52. The van der Waals surface area contributed by atoms with Crippen LogP contribution in [0.25, 0.3) is 232 Å². The first-order chi connectivity index (χ1) is 71.9. The Hall–Kier alpha value is -19.3. The molecule has 1 N–H and O–H groups in total. The third-order valence-electron chi connectivity index (χ3n) is 27.9. The van der Waals surface area contributed by atoms with Crippen LogP contribution in [0.5, 0.6) is 0 Å². The molecule has 0 bridgehead atoms. The largest absolute Gasteiger partial charge is 0.359 e. The molecule has 0 saturated carbocycles. The fourth-order valence-corrected chi connectivity index (χ4v) is 21.1. The zero-order chi connectivity index (χ0) is 96.3. The average molecular weight is 1850 g/mol. The number of rotatable bonds is 16. The summed E-state index contributed by atoms with van der Waals surface area (Å²) in [5.41, 5.74) is 34.7. The van der Waals surface area contributed by atoms with Crippen LogP contribution in [0.3, 0.4) is 0 Å². The number of hydrogen-bond donors (Lipinski definition) is 1. The van der Waals surface area contributed by atoms with Crippen molar-refractivity contribution >= 4 is 92.6 Å². The minimum Gasteiger partial charge on any atom is -0.359 e. The van der Waals surface area contributed by atoms with Gasteiger partial charge in [-0.15, -0.1) is 0 Å². The SMILES string of the molecule is c1ccc(-c2c3ccccc3c(-c3ccc(-c4c(-c5ccccc5)c5ncncc5c5ccccc45)cc3)c3ccccc23)cc1.c1ccc(-c2cccc(-c3cc(-c4cc(-c5ccccc5)nc(-c5ccccc5)c4)cc(-c4cc(-c5ccccc5)nc(-c5ccccc5)n4)c3)n2)cc1.c1ccc(C2Nc3c(c(-c4ccc5ccccc5c4)c4ccccc4c3-c3ccc4ccccc4c3)N2c2ccccc2)cc1. The van der Waals surface area contributed by atoms with Gasteiger partial charge in [0.15, 0.2) is 5.82 Å². The van der Waals surface area contributed by atoms with Gasteiger partial charge in [0.25, 0.3) is 0 Å². The zero-order valence-corrected chi connectivity index (χ0v) is 79.2. The molecule has 0 amide bonds. The van der Waals surface area contributed by atoms with Gasteiger partial charge in [0.1, 0.15) is 12.5 Å². The van der Waals surface area contributed by atoms with Gasteiger partial charge in [0.05, 0.1) is 51.1 Å². The number of hydrogen-bond acceptors (Lipinski definition) is 8. The van der Waals surface area contributed by atoms with Gasteiger partial charge in [-0.2, -0.15) is 0 Å². The average Bonchev–Trinajstić information content (AvgIpc) is 1.48. The lowest BCUT2D eigenvalue weighted by Crippen LogP contribution is -2.23. The number of nitrogens with one attached hydrogen (secondary N) is 1. The summed E-state index contributed by atoms with van der Waals surface area (Å²) >= 11 is 0. The van der Waals surface area contributed by atoms with Crippen molar-refractivity contribution in [3.8, 4) is 157 Å². The molecule has 5 heterocycles. The quantitative estimate of drug-likeness (QED) is 0.0756. The third kappa shape index (κ3) is 17.1. The normalized spacial score (nSPS) is 12.1. The maximum absolute atomic E-state index is 5.22. The summed E-state index contributed by atoms with van der Waals surface area (Å²) in [4.78, 5) is 32.4. The van der Waals surface area contributed by atoms with E-state index < -0.39 is 0 Å². The fraction of sp³-hybridized carbons (Fsp3) is 0.00730. The van der Waals surface area contributed by atoms with Crippen LogP contribution in [0.15, 0.2) is 546 Å². The molecule has 22 aromatic carbocycles. The molecule has 0 saturated heterocycles. The molecule has 8 heteroatoms. The summed E-state index contributed by atoms with van der Waals surface area (Å²) in [7, 11) is 0. The molecule has 145 heavy (non-hydrogen) atoms. The molecule has 0 fully saturated rings. The summed E-state index contributed by atoms with van der Waals surface area (Å²) in [6, 6.07) is 189. The highest BCUT2D eigenvalue weighted by Gasteiger charge is 2.38. The first kappa shape index (κ1) is 87.2. The number of benzene rings is 22. The Morgan fingerprint density at radius 1 is 0.193 bits per heavy atom. The zero-order valence-electron chi connectivity index (χ0n) is 79.2. The number of para-hydroxylation sites is 1. The van der Waals surface area contributed by atoms with Crippen LogP contribution >= 0.6 is 0 Å². The topological polar surface area (TPSA) is 92.6 Å². The lowest BCUT2D eigenvalue weighted by Gasteiger charge is -2.29. The monoisotopic (exact) mass is 1850 g/mol. The van der Waals surface area contributed by atoms with E-state index in [4.69, 9.17) is 24.9 Å². The first-order valence-corrected chi connectivity index (χ1v) is 49.3. The van der Waals surface area contributed by atoms with Gasteiger partial charge in [-0.05, 0) is 204 Å². The minimum absolute atomic E-state index is 0.0844. The van der Waals surface area contributed by atoms with Gasteiger partial charge >= 0.3 is 0 Å². The van der Waals surface area contributed by atoms with E-state index in [1.165, 1.54) is 121 Å². The van der Waals surface area contributed by atoms with Crippen molar-refractivity contribution < 1.29 is 0 Å². The molecule has 1 aliphatic rings. The molecule has 680 valence electrons. The highest BCUT2D eigenvalue weighted by molar-refractivity contribution is 6.24. The smallest absolute Gasteiger partial charge is 0.160 e. The van der Waals surface area contributed by atoms with Crippen molar-refractivity contribution in [1.82, 2.24) is 29.9 Å². The molecule has 1 aliphatic heterocycles. The minimum atomic E-state index is -0.0844. The van der Waals surface area contributed by atoms with E-state index in [1.807, 2.05) is 72.9 Å². The Balaban J connectivity index is 0.000000114. The molecular formula is C137H92N8.